The van der Waals surface area contributed by atoms with Crippen molar-refractivity contribution in [3.8, 4) is 5.75 Å². The summed E-state index contributed by atoms with van der Waals surface area (Å²) in [6, 6.07) is 4.59. The van der Waals surface area contributed by atoms with E-state index in [0.717, 1.165) is 5.56 Å². The van der Waals surface area contributed by atoms with Crippen molar-refractivity contribution in [2.75, 3.05) is 13.7 Å². The molecule has 0 spiro atoms. The number of halogens is 1. The van der Waals surface area contributed by atoms with Crippen LogP contribution in [0.2, 0.25) is 0 Å². The lowest BCUT2D eigenvalue weighted by Crippen LogP contribution is -2.18. The van der Waals surface area contributed by atoms with Crippen molar-refractivity contribution in [3.63, 3.8) is 0 Å². The minimum atomic E-state index is -0.391. The van der Waals surface area contributed by atoms with Gasteiger partial charge in [-0.3, -0.25) is 0 Å². The van der Waals surface area contributed by atoms with Gasteiger partial charge in [0.15, 0.2) is 11.6 Å². The lowest BCUT2D eigenvalue weighted by atomic mass is 10.1. The molecule has 0 heterocycles. The van der Waals surface area contributed by atoms with E-state index < -0.39 is 5.82 Å². The Kier molecular flexibility index (Phi) is 4.71. The van der Waals surface area contributed by atoms with Gasteiger partial charge in [0.1, 0.15) is 6.10 Å². The number of ether oxygens (including phenoxy) is 2. The first-order valence-electron chi connectivity index (χ1n) is 5.25. The fourth-order valence-corrected chi connectivity index (χ4v) is 1.38. The third-order valence-electron chi connectivity index (χ3n) is 2.21. The SMILES string of the molecule is COCC(C)Oc1ccc([C@H](C)N)cc1F. The van der Waals surface area contributed by atoms with E-state index in [9.17, 15) is 4.39 Å². The molecule has 3 nitrogen and oxygen atoms in total. The predicted octanol–water partition coefficient (Wildman–Crippen LogP) is 2.26. The van der Waals surface area contributed by atoms with E-state index in [4.69, 9.17) is 15.2 Å². The smallest absolute Gasteiger partial charge is 0.165 e. The zero-order valence-electron chi connectivity index (χ0n) is 9.87. The van der Waals surface area contributed by atoms with E-state index in [0.29, 0.717) is 6.61 Å². The van der Waals surface area contributed by atoms with Gasteiger partial charge in [-0.2, -0.15) is 0 Å². The summed E-state index contributed by atoms with van der Waals surface area (Å²) in [7, 11) is 1.58. The largest absolute Gasteiger partial charge is 0.485 e. The quantitative estimate of drug-likeness (QED) is 0.839. The molecule has 0 aromatic heterocycles. The van der Waals surface area contributed by atoms with Crippen molar-refractivity contribution < 1.29 is 13.9 Å². The summed E-state index contributed by atoms with van der Waals surface area (Å²) >= 11 is 0. The molecular weight excluding hydrogens is 209 g/mol. The molecule has 4 heteroatoms. The van der Waals surface area contributed by atoms with Crippen LogP contribution >= 0.6 is 0 Å². The van der Waals surface area contributed by atoms with Gasteiger partial charge in [-0.05, 0) is 31.5 Å². The fraction of sp³-hybridized carbons (Fsp3) is 0.500. The van der Waals surface area contributed by atoms with Gasteiger partial charge in [0.25, 0.3) is 0 Å². The molecule has 2 N–H and O–H groups in total. The first-order valence-corrected chi connectivity index (χ1v) is 5.25. The second-order valence-corrected chi connectivity index (χ2v) is 3.86. The zero-order chi connectivity index (χ0) is 12.1. The molecule has 0 fully saturated rings. The number of benzene rings is 1. The number of nitrogens with two attached hydrogens (primary N) is 1. The highest BCUT2D eigenvalue weighted by molar-refractivity contribution is 5.30. The van der Waals surface area contributed by atoms with Gasteiger partial charge < -0.3 is 15.2 Å². The van der Waals surface area contributed by atoms with Crippen molar-refractivity contribution in [1.82, 2.24) is 0 Å². The molecule has 0 saturated heterocycles. The summed E-state index contributed by atoms with van der Waals surface area (Å²) in [6.07, 6.45) is -0.180. The van der Waals surface area contributed by atoms with Crippen LogP contribution in [-0.4, -0.2) is 19.8 Å². The molecule has 16 heavy (non-hydrogen) atoms. The average Bonchev–Trinajstić information content (AvgIpc) is 2.21. The van der Waals surface area contributed by atoms with Gasteiger partial charge in [-0.15, -0.1) is 0 Å². The van der Waals surface area contributed by atoms with Crippen LogP contribution in [0.4, 0.5) is 4.39 Å². The summed E-state index contributed by atoms with van der Waals surface area (Å²) in [5, 5.41) is 0. The van der Waals surface area contributed by atoms with Gasteiger partial charge in [0.05, 0.1) is 6.61 Å². The predicted molar refractivity (Wildman–Crippen MR) is 61.0 cm³/mol. The minimum absolute atomic E-state index is 0.180. The molecule has 0 radical (unpaired) electrons. The van der Waals surface area contributed by atoms with Crippen LogP contribution in [0.15, 0.2) is 18.2 Å². The van der Waals surface area contributed by atoms with Crippen LogP contribution in [0.25, 0.3) is 0 Å². The summed E-state index contributed by atoms with van der Waals surface area (Å²) in [6.45, 7) is 4.06. The second-order valence-electron chi connectivity index (χ2n) is 3.86. The van der Waals surface area contributed by atoms with E-state index in [1.54, 1.807) is 19.2 Å². The summed E-state index contributed by atoms with van der Waals surface area (Å²) in [5.41, 5.74) is 6.41. The molecule has 90 valence electrons. The van der Waals surface area contributed by atoms with E-state index in [2.05, 4.69) is 0 Å². The summed E-state index contributed by atoms with van der Waals surface area (Å²) < 4.78 is 23.9. The van der Waals surface area contributed by atoms with Crippen molar-refractivity contribution in [1.29, 1.82) is 0 Å². The van der Waals surface area contributed by atoms with Crippen molar-refractivity contribution in [3.05, 3.63) is 29.6 Å². The maximum absolute atomic E-state index is 13.6. The molecule has 1 rings (SSSR count). The van der Waals surface area contributed by atoms with Crippen LogP contribution < -0.4 is 10.5 Å². The van der Waals surface area contributed by atoms with Crippen molar-refractivity contribution >= 4 is 0 Å². The Bertz CT molecular complexity index is 342. The molecule has 0 saturated carbocycles. The molecule has 0 aliphatic heterocycles. The fourth-order valence-electron chi connectivity index (χ4n) is 1.38. The molecule has 2 atom stereocenters. The summed E-state index contributed by atoms with van der Waals surface area (Å²) in [5.74, 6) is -0.160. The van der Waals surface area contributed by atoms with Gasteiger partial charge in [0.2, 0.25) is 0 Å². The minimum Gasteiger partial charge on any atom is -0.485 e. The third-order valence-corrected chi connectivity index (χ3v) is 2.21. The summed E-state index contributed by atoms with van der Waals surface area (Å²) in [4.78, 5) is 0. The molecule has 0 aliphatic rings. The lowest BCUT2D eigenvalue weighted by molar-refractivity contribution is 0.0892. The Balaban J connectivity index is 2.75. The molecule has 0 aliphatic carbocycles. The van der Waals surface area contributed by atoms with Gasteiger partial charge in [-0.1, -0.05) is 6.07 Å². The number of rotatable bonds is 5. The third kappa shape index (κ3) is 3.47. The van der Waals surface area contributed by atoms with Gasteiger partial charge >= 0.3 is 0 Å². The highest BCUT2D eigenvalue weighted by Crippen LogP contribution is 2.22. The monoisotopic (exact) mass is 227 g/mol. The maximum Gasteiger partial charge on any atom is 0.165 e. The van der Waals surface area contributed by atoms with Crippen LogP contribution in [0.1, 0.15) is 25.5 Å². The maximum atomic E-state index is 13.6. The number of hydrogen-bond acceptors (Lipinski definition) is 3. The zero-order valence-corrected chi connectivity index (χ0v) is 9.87. The van der Waals surface area contributed by atoms with E-state index in [1.807, 2.05) is 13.8 Å². The van der Waals surface area contributed by atoms with Crippen molar-refractivity contribution in [2.45, 2.75) is 26.0 Å². The topological polar surface area (TPSA) is 44.5 Å². The Morgan fingerprint density at radius 2 is 2.06 bits per heavy atom. The van der Waals surface area contributed by atoms with E-state index >= 15 is 0 Å². The van der Waals surface area contributed by atoms with Crippen molar-refractivity contribution in [2.24, 2.45) is 5.73 Å². The second kappa shape index (κ2) is 5.82. The molecule has 1 aromatic carbocycles. The standard InChI is InChI=1S/C12H18FNO2/c1-8(7-15-3)16-12-5-4-10(9(2)14)6-11(12)13/h4-6,8-9H,7,14H2,1-3H3/t8?,9-/m0/s1. The Labute approximate surface area is 95.4 Å². The normalized spacial score (nSPS) is 14.6. The molecule has 0 amide bonds. The molecule has 0 bridgehead atoms. The van der Waals surface area contributed by atoms with E-state index in [1.165, 1.54) is 6.07 Å². The molecule has 1 unspecified atom stereocenters. The molecular formula is C12H18FNO2. The number of methoxy groups -OCH3 is 1. The average molecular weight is 227 g/mol. The van der Waals surface area contributed by atoms with E-state index in [-0.39, 0.29) is 17.9 Å². The number of hydrogen-bond donors (Lipinski definition) is 1. The highest BCUT2D eigenvalue weighted by Gasteiger charge is 2.10. The first kappa shape index (κ1) is 12.9. The highest BCUT2D eigenvalue weighted by atomic mass is 19.1. The molecule has 1 aromatic rings. The van der Waals surface area contributed by atoms with Gasteiger partial charge in [0, 0.05) is 13.2 Å². The first-order chi connectivity index (χ1) is 7.54. The Hall–Kier alpha value is -1.13. The van der Waals surface area contributed by atoms with Crippen LogP contribution in [0.5, 0.6) is 5.75 Å². The lowest BCUT2D eigenvalue weighted by Gasteiger charge is -2.15. The van der Waals surface area contributed by atoms with Crippen LogP contribution in [0.3, 0.4) is 0 Å². The van der Waals surface area contributed by atoms with Gasteiger partial charge in [-0.25, -0.2) is 4.39 Å². The Morgan fingerprint density at radius 3 is 2.56 bits per heavy atom. The van der Waals surface area contributed by atoms with Crippen LogP contribution in [0, 0.1) is 5.82 Å². The van der Waals surface area contributed by atoms with Crippen LogP contribution in [-0.2, 0) is 4.74 Å². The Morgan fingerprint density at radius 1 is 1.38 bits per heavy atom.